The Labute approximate surface area is 179 Å². The van der Waals surface area contributed by atoms with Gasteiger partial charge in [0.05, 0.1) is 10.6 Å². The Hall–Kier alpha value is -2.78. The summed E-state index contributed by atoms with van der Waals surface area (Å²) in [6.07, 6.45) is 1.98. The van der Waals surface area contributed by atoms with Crippen molar-refractivity contribution in [3.63, 3.8) is 0 Å². The summed E-state index contributed by atoms with van der Waals surface area (Å²) in [5.74, 6) is 0.293. The van der Waals surface area contributed by atoms with Crippen LogP contribution in [0.3, 0.4) is 0 Å². The maximum atomic E-state index is 14.2. The highest BCUT2D eigenvalue weighted by atomic mass is 32.2. The van der Waals surface area contributed by atoms with Crippen molar-refractivity contribution in [3.8, 4) is 0 Å². The molecule has 0 radical (unpaired) electrons. The highest BCUT2D eigenvalue weighted by molar-refractivity contribution is 7.92. The Morgan fingerprint density at radius 2 is 1.81 bits per heavy atom. The largest absolute Gasteiger partial charge is 0.423 e. The fourth-order valence-corrected chi connectivity index (χ4v) is 5.84. The Morgan fingerprint density at radius 3 is 2.58 bits per heavy atom. The normalized spacial score (nSPS) is 19.5. The molecule has 1 aromatic heterocycles. The van der Waals surface area contributed by atoms with Crippen molar-refractivity contribution in [1.82, 2.24) is 10.2 Å². The molecule has 162 valence electrons. The minimum atomic E-state index is -4.06. The van der Waals surface area contributed by atoms with E-state index in [1.807, 2.05) is 12.1 Å². The summed E-state index contributed by atoms with van der Waals surface area (Å²) in [5.41, 5.74) is 1.78. The minimum absolute atomic E-state index is 0.107. The predicted octanol–water partition coefficient (Wildman–Crippen LogP) is 3.90. The van der Waals surface area contributed by atoms with Gasteiger partial charge >= 0.3 is 0 Å². The van der Waals surface area contributed by atoms with E-state index in [1.165, 1.54) is 16.4 Å². The second-order valence-electron chi connectivity index (χ2n) is 7.93. The lowest BCUT2D eigenvalue weighted by Gasteiger charge is -2.25. The predicted molar refractivity (Wildman–Crippen MR) is 111 cm³/mol. The maximum absolute atomic E-state index is 14.2. The van der Waals surface area contributed by atoms with E-state index < -0.39 is 21.9 Å². The van der Waals surface area contributed by atoms with Gasteiger partial charge in [-0.3, -0.25) is 4.31 Å². The van der Waals surface area contributed by atoms with Crippen LogP contribution in [0.2, 0.25) is 0 Å². The molecule has 1 unspecified atom stereocenters. The van der Waals surface area contributed by atoms with Crippen LogP contribution in [-0.2, 0) is 21.2 Å². The summed E-state index contributed by atoms with van der Waals surface area (Å²) >= 11 is 0. The molecule has 0 amide bonds. The SMILES string of the molecule is Cc1ccc(S(=O)(=O)N2c3ccccc3CC2c2nnc(C3CCOCC3)o2)cc1F. The van der Waals surface area contributed by atoms with E-state index in [9.17, 15) is 12.8 Å². The quantitative estimate of drug-likeness (QED) is 0.608. The molecule has 2 aliphatic rings. The van der Waals surface area contributed by atoms with Gasteiger partial charge in [-0.1, -0.05) is 24.3 Å². The molecule has 0 saturated carbocycles. The van der Waals surface area contributed by atoms with E-state index in [0.717, 1.165) is 24.5 Å². The number of nitrogens with zero attached hydrogens (tertiary/aromatic N) is 3. The van der Waals surface area contributed by atoms with Crippen molar-refractivity contribution in [2.45, 2.75) is 43.0 Å². The molecule has 1 fully saturated rings. The molecule has 9 heteroatoms. The molecule has 0 spiro atoms. The molecule has 3 aromatic rings. The number of anilines is 1. The van der Waals surface area contributed by atoms with E-state index >= 15 is 0 Å². The van der Waals surface area contributed by atoms with Crippen LogP contribution in [0, 0.1) is 12.7 Å². The van der Waals surface area contributed by atoms with Crippen LogP contribution in [0.4, 0.5) is 10.1 Å². The first kappa shape index (κ1) is 20.1. The number of para-hydroxylation sites is 1. The second-order valence-corrected chi connectivity index (χ2v) is 9.74. The summed E-state index contributed by atoms with van der Waals surface area (Å²) in [6.45, 7) is 2.86. The number of hydrogen-bond acceptors (Lipinski definition) is 6. The number of ether oxygens (including phenoxy) is 1. The molecular formula is C22H22FN3O4S. The van der Waals surface area contributed by atoms with Crippen LogP contribution >= 0.6 is 0 Å². The average molecular weight is 444 g/mol. The number of sulfonamides is 1. The van der Waals surface area contributed by atoms with Gasteiger partial charge in [0.1, 0.15) is 11.9 Å². The summed E-state index contributed by atoms with van der Waals surface area (Å²) in [5, 5.41) is 8.42. The van der Waals surface area contributed by atoms with Crippen LogP contribution in [-0.4, -0.2) is 31.8 Å². The van der Waals surface area contributed by atoms with E-state index in [-0.39, 0.29) is 16.7 Å². The molecule has 0 N–H and O–H groups in total. The summed E-state index contributed by atoms with van der Waals surface area (Å²) in [6, 6.07) is 10.5. The van der Waals surface area contributed by atoms with E-state index in [2.05, 4.69) is 10.2 Å². The fourth-order valence-electron chi connectivity index (χ4n) is 4.18. The van der Waals surface area contributed by atoms with Crippen LogP contribution in [0.5, 0.6) is 0 Å². The molecule has 1 atom stereocenters. The summed E-state index contributed by atoms with van der Waals surface area (Å²) in [4.78, 5) is -0.110. The third-order valence-electron chi connectivity index (χ3n) is 5.94. The van der Waals surface area contributed by atoms with Crippen LogP contribution in [0.15, 0.2) is 51.8 Å². The van der Waals surface area contributed by atoms with Crippen molar-refractivity contribution in [1.29, 1.82) is 0 Å². The lowest BCUT2D eigenvalue weighted by atomic mass is 10.0. The van der Waals surface area contributed by atoms with Crippen molar-refractivity contribution in [2.24, 2.45) is 0 Å². The van der Waals surface area contributed by atoms with Gasteiger partial charge in [0.25, 0.3) is 10.0 Å². The van der Waals surface area contributed by atoms with Gasteiger partial charge in [-0.2, -0.15) is 0 Å². The highest BCUT2D eigenvalue weighted by Crippen LogP contribution is 2.44. The average Bonchev–Trinajstić information content (AvgIpc) is 3.41. The smallest absolute Gasteiger partial charge is 0.265 e. The third-order valence-corrected chi connectivity index (χ3v) is 7.76. The zero-order chi connectivity index (χ0) is 21.6. The first-order chi connectivity index (χ1) is 14.9. The maximum Gasteiger partial charge on any atom is 0.265 e. The number of hydrogen-bond donors (Lipinski definition) is 0. The standard InChI is InChI=1S/C22H22FN3O4S/c1-14-6-7-17(13-18(14)23)31(27,28)26-19-5-3-2-4-16(19)12-20(26)22-25-24-21(30-22)15-8-10-29-11-9-15/h2-7,13,15,20H,8-12H2,1H3. The molecular weight excluding hydrogens is 421 g/mol. The fraction of sp³-hybridized carbons (Fsp3) is 0.364. The van der Waals surface area contributed by atoms with Crippen LogP contribution < -0.4 is 4.31 Å². The number of aryl methyl sites for hydroxylation is 1. The molecule has 3 heterocycles. The second kappa shape index (κ2) is 7.72. The van der Waals surface area contributed by atoms with Gasteiger partial charge in [0, 0.05) is 25.6 Å². The Bertz CT molecular complexity index is 1220. The van der Waals surface area contributed by atoms with Gasteiger partial charge in [0.15, 0.2) is 0 Å². The molecule has 1 saturated heterocycles. The number of rotatable bonds is 4. The van der Waals surface area contributed by atoms with Crippen LogP contribution in [0.1, 0.15) is 47.7 Å². The third kappa shape index (κ3) is 3.51. The lowest BCUT2D eigenvalue weighted by molar-refractivity contribution is 0.0790. The molecule has 0 aliphatic carbocycles. The Balaban J connectivity index is 1.56. The van der Waals surface area contributed by atoms with Gasteiger partial charge < -0.3 is 9.15 Å². The van der Waals surface area contributed by atoms with Crippen molar-refractivity contribution in [2.75, 3.05) is 17.5 Å². The molecule has 7 nitrogen and oxygen atoms in total. The Kier molecular flexibility index (Phi) is 5.02. The number of benzene rings is 2. The van der Waals surface area contributed by atoms with Gasteiger partial charge in [-0.15, -0.1) is 10.2 Å². The van der Waals surface area contributed by atoms with E-state index in [0.29, 0.717) is 36.8 Å². The molecule has 31 heavy (non-hydrogen) atoms. The molecule has 2 aromatic carbocycles. The van der Waals surface area contributed by atoms with E-state index in [4.69, 9.17) is 9.15 Å². The number of aromatic nitrogens is 2. The monoisotopic (exact) mass is 443 g/mol. The molecule has 5 rings (SSSR count). The Morgan fingerprint density at radius 1 is 1.06 bits per heavy atom. The number of halogens is 1. The van der Waals surface area contributed by atoms with Crippen molar-refractivity contribution < 1.29 is 22.0 Å². The molecule has 0 bridgehead atoms. The van der Waals surface area contributed by atoms with Gasteiger partial charge in [-0.25, -0.2) is 12.8 Å². The minimum Gasteiger partial charge on any atom is -0.423 e. The highest BCUT2D eigenvalue weighted by Gasteiger charge is 2.42. The van der Waals surface area contributed by atoms with Crippen molar-refractivity contribution >= 4 is 15.7 Å². The lowest BCUT2D eigenvalue weighted by Crippen LogP contribution is -2.32. The van der Waals surface area contributed by atoms with Gasteiger partial charge in [-0.05, 0) is 49.1 Å². The number of fused-ring (bicyclic) bond motifs is 1. The zero-order valence-electron chi connectivity index (χ0n) is 17.0. The zero-order valence-corrected chi connectivity index (χ0v) is 17.8. The topological polar surface area (TPSA) is 85.5 Å². The van der Waals surface area contributed by atoms with Crippen molar-refractivity contribution in [3.05, 3.63) is 71.2 Å². The first-order valence-electron chi connectivity index (χ1n) is 10.2. The van der Waals surface area contributed by atoms with E-state index in [1.54, 1.807) is 19.1 Å². The first-order valence-corrected chi connectivity index (χ1v) is 11.7. The van der Waals surface area contributed by atoms with Crippen LogP contribution in [0.25, 0.3) is 0 Å². The summed E-state index contributed by atoms with van der Waals surface area (Å²) in [7, 11) is -4.06. The van der Waals surface area contributed by atoms with Gasteiger partial charge in [0.2, 0.25) is 11.8 Å². The molecule has 2 aliphatic heterocycles. The summed E-state index contributed by atoms with van der Waals surface area (Å²) < 4.78 is 54.1.